The molecule has 6 heteroatoms. The average Bonchev–Trinajstić information content (AvgIpc) is 3.56. The lowest BCUT2D eigenvalue weighted by molar-refractivity contribution is -0.384. The normalized spacial score (nSPS) is 39.9. The fraction of sp³-hybridized carbons (Fsp3) is 0.346. The van der Waals surface area contributed by atoms with Crippen molar-refractivity contribution in [3.05, 3.63) is 100 Å². The average molecular weight is 426 g/mol. The SMILES string of the molecule is O=[N+]([O-])c1ccc([C@@H]2[C@@H]3C=C[C@@H](C3)[C@]34OC(c5ccccc5)=N[C@]23[C@H]2CC=C[C@H]2O4)cc1. The summed E-state index contributed by atoms with van der Waals surface area (Å²) in [7, 11) is 0. The van der Waals surface area contributed by atoms with Gasteiger partial charge in [-0.05, 0) is 36.5 Å². The molecule has 0 amide bonds. The number of aliphatic imine (C=N–C) groups is 1. The van der Waals surface area contributed by atoms with E-state index in [1.54, 1.807) is 12.1 Å². The van der Waals surface area contributed by atoms with Crippen molar-refractivity contribution >= 4 is 11.6 Å². The summed E-state index contributed by atoms with van der Waals surface area (Å²) in [5.74, 6) is 0.409. The number of ether oxygens (including phenoxy) is 2. The molecule has 5 aliphatic rings. The van der Waals surface area contributed by atoms with E-state index in [2.05, 4.69) is 24.3 Å². The van der Waals surface area contributed by atoms with Gasteiger partial charge in [-0.1, -0.05) is 54.6 Å². The zero-order chi connectivity index (χ0) is 21.5. The van der Waals surface area contributed by atoms with Gasteiger partial charge in [0, 0.05) is 35.4 Å². The second kappa shape index (κ2) is 6.17. The summed E-state index contributed by atoms with van der Waals surface area (Å²) in [6.45, 7) is 0. The van der Waals surface area contributed by atoms with Gasteiger partial charge in [-0.25, -0.2) is 4.99 Å². The van der Waals surface area contributed by atoms with Gasteiger partial charge < -0.3 is 9.47 Å². The number of hydrogen-bond donors (Lipinski definition) is 0. The standard InChI is InChI=1S/C26H22N2O4/c29-28(30)20-13-10-16(11-14-20)23-18-9-12-19(15-18)26-25(23,21-7-4-8-22(21)31-26)27-24(32-26)17-5-2-1-3-6-17/h1-6,8-14,18-19,21-23H,7,15H2/t18-,19+,21+,22-,23-,25-,26+/m1/s1. The summed E-state index contributed by atoms with van der Waals surface area (Å²) in [5.41, 5.74) is 1.54. The number of nitrogens with zero attached hydrogens (tertiary/aromatic N) is 2. The summed E-state index contributed by atoms with van der Waals surface area (Å²) < 4.78 is 13.6. The molecule has 0 aromatic heterocycles. The van der Waals surface area contributed by atoms with E-state index in [1.165, 1.54) is 0 Å². The van der Waals surface area contributed by atoms with Crippen molar-refractivity contribution in [2.75, 3.05) is 0 Å². The summed E-state index contributed by atoms with van der Waals surface area (Å²) in [4.78, 5) is 16.3. The van der Waals surface area contributed by atoms with Crippen LogP contribution < -0.4 is 0 Å². The molecule has 2 bridgehead atoms. The maximum absolute atomic E-state index is 11.3. The van der Waals surface area contributed by atoms with Crippen molar-refractivity contribution in [1.29, 1.82) is 0 Å². The van der Waals surface area contributed by atoms with Crippen LogP contribution in [0.4, 0.5) is 5.69 Å². The quantitative estimate of drug-likeness (QED) is 0.403. The second-order valence-corrected chi connectivity index (χ2v) is 9.45. The predicted octanol–water partition coefficient (Wildman–Crippen LogP) is 4.77. The molecule has 0 spiro atoms. The molecule has 0 N–H and O–H groups in total. The molecule has 1 saturated carbocycles. The Balaban J connectivity index is 1.45. The van der Waals surface area contributed by atoms with Gasteiger partial charge in [0.25, 0.3) is 5.69 Å². The van der Waals surface area contributed by atoms with Crippen LogP contribution in [0.3, 0.4) is 0 Å². The Morgan fingerprint density at radius 1 is 1.03 bits per heavy atom. The van der Waals surface area contributed by atoms with Crippen LogP contribution in [-0.2, 0) is 9.47 Å². The zero-order valence-electron chi connectivity index (χ0n) is 17.3. The fourth-order valence-corrected chi connectivity index (χ4v) is 6.90. The lowest BCUT2D eigenvalue weighted by Crippen LogP contribution is -2.62. The topological polar surface area (TPSA) is 74.0 Å². The number of nitro benzene ring substituents is 1. The highest BCUT2D eigenvalue weighted by molar-refractivity contribution is 5.96. The van der Waals surface area contributed by atoms with Gasteiger partial charge in [0.2, 0.25) is 11.7 Å². The van der Waals surface area contributed by atoms with Crippen LogP contribution in [0.15, 0.2) is 83.9 Å². The van der Waals surface area contributed by atoms with Crippen molar-refractivity contribution in [3.8, 4) is 0 Å². The maximum Gasteiger partial charge on any atom is 0.269 e. The molecule has 32 heavy (non-hydrogen) atoms. The minimum atomic E-state index is -0.853. The molecule has 7 atom stereocenters. The number of nitro groups is 1. The third kappa shape index (κ3) is 2.11. The number of non-ortho nitro benzene ring substituents is 1. The molecular weight excluding hydrogens is 404 g/mol. The largest absolute Gasteiger partial charge is 0.442 e. The Morgan fingerprint density at radius 3 is 2.62 bits per heavy atom. The van der Waals surface area contributed by atoms with Crippen molar-refractivity contribution in [2.24, 2.45) is 22.7 Å². The summed E-state index contributed by atoms with van der Waals surface area (Å²) in [6, 6.07) is 17.1. The third-order valence-corrected chi connectivity index (χ3v) is 8.07. The first-order valence-corrected chi connectivity index (χ1v) is 11.2. The highest BCUT2D eigenvalue weighted by Crippen LogP contribution is 2.70. The molecule has 1 saturated heterocycles. The number of rotatable bonds is 3. The van der Waals surface area contributed by atoms with Gasteiger partial charge in [0.15, 0.2) is 0 Å². The van der Waals surface area contributed by atoms with Crippen LogP contribution in [0.5, 0.6) is 0 Å². The molecular formula is C26H22N2O4. The van der Waals surface area contributed by atoms with Crippen LogP contribution >= 0.6 is 0 Å². The molecule has 160 valence electrons. The van der Waals surface area contributed by atoms with Gasteiger partial charge in [-0.15, -0.1) is 0 Å². The molecule has 2 aromatic carbocycles. The van der Waals surface area contributed by atoms with Gasteiger partial charge in [-0.2, -0.15) is 0 Å². The smallest absolute Gasteiger partial charge is 0.269 e. The van der Waals surface area contributed by atoms with Gasteiger partial charge >= 0.3 is 0 Å². The first kappa shape index (κ1) is 18.3. The number of allylic oxidation sites excluding steroid dienone is 2. The number of benzene rings is 2. The molecule has 2 heterocycles. The molecule has 6 nitrogen and oxygen atoms in total. The summed E-state index contributed by atoms with van der Waals surface area (Å²) in [6.07, 6.45) is 10.7. The monoisotopic (exact) mass is 426 g/mol. The lowest BCUT2D eigenvalue weighted by Gasteiger charge is -2.50. The minimum Gasteiger partial charge on any atom is -0.442 e. The van der Waals surface area contributed by atoms with Gasteiger partial charge in [-0.3, -0.25) is 10.1 Å². The molecule has 3 aliphatic carbocycles. The van der Waals surface area contributed by atoms with Gasteiger partial charge in [0.05, 0.1) is 11.0 Å². The number of hydrogen-bond acceptors (Lipinski definition) is 5. The molecule has 2 aromatic rings. The third-order valence-electron chi connectivity index (χ3n) is 8.07. The maximum atomic E-state index is 11.3. The van der Waals surface area contributed by atoms with E-state index < -0.39 is 11.3 Å². The fourth-order valence-electron chi connectivity index (χ4n) is 6.90. The minimum absolute atomic E-state index is 0.0226. The summed E-state index contributed by atoms with van der Waals surface area (Å²) >= 11 is 0. The van der Waals surface area contributed by atoms with E-state index >= 15 is 0 Å². The zero-order valence-corrected chi connectivity index (χ0v) is 17.3. The van der Waals surface area contributed by atoms with E-state index in [1.807, 2.05) is 42.5 Å². The van der Waals surface area contributed by atoms with E-state index in [-0.39, 0.29) is 34.5 Å². The van der Waals surface area contributed by atoms with Crippen molar-refractivity contribution in [1.82, 2.24) is 0 Å². The van der Waals surface area contributed by atoms with Crippen LogP contribution in [0.25, 0.3) is 0 Å². The second-order valence-electron chi connectivity index (χ2n) is 9.45. The summed E-state index contributed by atoms with van der Waals surface area (Å²) in [5, 5.41) is 11.3. The van der Waals surface area contributed by atoms with Crippen LogP contribution in [-0.4, -0.2) is 28.3 Å². The van der Waals surface area contributed by atoms with Crippen LogP contribution in [0.1, 0.15) is 29.9 Å². The molecule has 2 aliphatic heterocycles. The van der Waals surface area contributed by atoms with Crippen molar-refractivity contribution in [2.45, 2.75) is 36.2 Å². The molecule has 0 radical (unpaired) electrons. The first-order chi connectivity index (χ1) is 15.6. The van der Waals surface area contributed by atoms with E-state index in [4.69, 9.17) is 14.5 Å². The molecule has 2 fully saturated rings. The first-order valence-electron chi connectivity index (χ1n) is 11.2. The molecule has 7 rings (SSSR count). The predicted molar refractivity (Wildman–Crippen MR) is 118 cm³/mol. The van der Waals surface area contributed by atoms with Gasteiger partial charge in [0.1, 0.15) is 5.54 Å². The van der Waals surface area contributed by atoms with Crippen LogP contribution in [0, 0.1) is 27.9 Å². The van der Waals surface area contributed by atoms with Crippen molar-refractivity contribution in [3.63, 3.8) is 0 Å². The molecule has 0 unspecified atom stereocenters. The van der Waals surface area contributed by atoms with Crippen LogP contribution in [0.2, 0.25) is 0 Å². The Hall–Kier alpha value is -3.25. The Bertz CT molecular complexity index is 1200. The Morgan fingerprint density at radius 2 is 1.84 bits per heavy atom. The van der Waals surface area contributed by atoms with Crippen molar-refractivity contribution < 1.29 is 14.4 Å². The highest BCUT2D eigenvalue weighted by Gasteiger charge is 2.79. The van der Waals surface area contributed by atoms with E-state index in [9.17, 15) is 10.1 Å². The lowest BCUT2D eigenvalue weighted by atomic mass is 9.57. The number of fused-ring (bicyclic) bond motifs is 3. The van der Waals surface area contributed by atoms with E-state index in [0.717, 1.165) is 24.0 Å². The highest BCUT2D eigenvalue weighted by atomic mass is 16.7. The van der Waals surface area contributed by atoms with E-state index in [0.29, 0.717) is 11.8 Å². The Kier molecular flexibility index (Phi) is 3.53. The Labute approximate surface area is 185 Å².